The number of morpholine rings is 1. The molecule has 0 saturated carbocycles. The van der Waals surface area contributed by atoms with Gasteiger partial charge in [-0.15, -0.1) is 0 Å². The number of aliphatic carboxylic acids is 1. The zero-order chi connectivity index (χ0) is 11.3. The molecular weight excluding hydrogens is 194 g/mol. The second kappa shape index (κ2) is 6.08. The van der Waals surface area contributed by atoms with Crippen LogP contribution in [0.3, 0.4) is 0 Å². The van der Waals surface area contributed by atoms with Gasteiger partial charge < -0.3 is 9.84 Å². The summed E-state index contributed by atoms with van der Waals surface area (Å²) in [4.78, 5) is 12.8. The monoisotopic (exact) mass is 215 g/mol. The summed E-state index contributed by atoms with van der Waals surface area (Å²) in [6.45, 7) is 6.80. The van der Waals surface area contributed by atoms with E-state index in [0.717, 1.165) is 32.5 Å². The number of carboxylic acids is 1. The fourth-order valence-electron chi connectivity index (χ4n) is 2.00. The van der Waals surface area contributed by atoms with Crippen molar-refractivity contribution in [2.45, 2.75) is 45.3 Å². The molecule has 0 bridgehead atoms. The van der Waals surface area contributed by atoms with E-state index < -0.39 is 5.97 Å². The van der Waals surface area contributed by atoms with Crippen molar-refractivity contribution in [2.24, 2.45) is 0 Å². The van der Waals surface area contributed by atoms with Gasteiger partial charge in [-0.2, -0.15) is 0 Å². The van der Waals surface area contributed by atoms with Crippen molar-refractivity contribution in [1.82, 2.24) is 4.90 Å². The van der Waals surface area contributed by atoms with Gasteiger partial charge in [-0.1, -0.05) is 6.92 Å². The molecule has 0 amide bonds. The Labute approximate surface area is 91.2 Å². The summed E-state index contributed by atoms with van der Waals surface area (Å²) in [5, 5.41) is 8.57. The first-order valence-electron chi connectivity index (χ1n) is 5.71. The SMILES string of the molecule is CCC1COC(C)CN1CCCC(=O)O. The van der Waals surface area contributed by atoms with Crippen LogP contribution in [0.1, 0.15) is 33.1 Å². The van der Waals surface area contributed by atoms with E-state index in [0.29, 0.717) is 6.04 Å². The van der Waals surface area contributed by atoms with Crippen LogP contribution in [0, 0.1) is 0 Å². The van der Waals surface area contributed by atoms with Crippen LogP contribution >= 0.6 is 0 Å². The molecule has 4 heteroatoms. The first-order chi connectivity index (χ1) is 7.13. The van der Waals surface area contributed by atoms with Gasteiger partial charge in [-0.05, 0) is 26.3 Å². The minimum absolute atomic E-state index is 0.266. The van der Waals surface area contributed by atoms with Crippen LogP contribution in [0.5, 0.6) is 0 Å². The van der Waals surface area contributed by atoms with Crippen molar-refractivity contribution in [2.75, 3.05) is 19.7 Å². The Morgan fingerprint density at radius 1 is 1.60 bits per heavy atom. The summed E-state index contributed by atoms with van der Waals surface area (Å²) in [6, 6.07) is 0.468. The van der Waals surface area contributed by atoms with Crippen LogP contribution in [0.4, 0.5) is 0 Å². The van der Waals surface area contributed by atoms with Gasteiger partial charge >= 0.3 is 5.97 Å². The second-order valence-corrected chi connectivity index (χ2v) is 4.20. The Morgan fingerprint density at radius 2 is 2.33 bits per heavy atom. The van der Waals surface area contributed by atoms with Gasteiger partial charge in [-0.3, -0.25) is 9.69 Å². The van der Waals surface area contributed by atoms with Crippen LogP contribution in [0.15, 0.2) is 0 Å². The molecule has 0 aromatic carbocycles. The van der Waals surface area contributed by atoms with Crippen molar-refractivity contribution >= 4 is 5.97 Å². The third-order valence-corrected chi connectivity index (χ3v) is 2.89. The molecular formula is C11H21NO3. The van der Waals surface area contributed by atoms with Crippen LogP contribution < -0.4 is 0 Å². The smallest absolute Gasteiger partial charge is 0.303 e. The summed E-state index contributed by atoms with van der Waals surface area (Å²) in [5.74, 6) is -0.704. The summed E-state index contributed by atoms with van der Waals surface area (Å²) < 4.78 is 5.58. The molecule has 0 radical (unpaired) electrons. The molecule has 1 aliphatic heterocycles. The van der Waals surface area contributed by atoms with E-state index >= 15 is 0 Å². The number of nitrogens with zero attached hydrogens (tertiary/aromatic N) is 1. The van der Waals surface area contributed by atoms with Crippen molar-refractivity contribution in [3.8, 4) is 0 Å². The lowest BCUT2D eigenvalue weighted by molar-refractivity contribution is -0.137. The third kappa shape index (κ3) is 4.18. The Bertz CT molecular complexity index is 208. The molecule has 1 N–H and O–H groups in total. The number of ether oxygens (including phenoxy) is 1. The number of carbonyl (C=O) groups is 1. The number of rotatable bonds is 5. The van der Waals surface area contributed by atoms with Crippen LogP contribution in [-0.4, -0.2) is 47.8 Å². The molecule has 15 heavy (non-hydrogen) atoms. The molecule has 88 valence electrons. The molecule has 4 nitrogen and oxygen atoms in total. The molecule has 0 aromatic rings. The summed E-state index contributed by atoms with van der Waals surface area (Å²) >= 11 is 0. The predicted octanol–water partition coefficient (Wildman–Crippen LogP) is 1.35. The lowest BCUT2D eigenvalue weighted by Crippen LogP contribution is -2.48. The first kappa shape index (κ1) is 12.5. The maximum absolute atomic E-state index is 10.4. The van der Waals surface area contributed by atoms with Gasteiger partial charge in [0.15, 0.2) is 0 Å². The summed E-state index contributed by atoms with van der Waals surface area (Å²) in [7, 11) is 0. The largest absolute Gasteiger partial charge is 0.481 e. The molecule has 1 heterocycles. The second-order valence-electron chi connectivity index (χ2n) is 4.20. The van der Waals surface area contributed by atoms with E-state index in [4.69, 9.17) is 9.84 Å². The quantitative estimate of drug-likeness (QED) is 0.752. The number of hydrogen-bond acceptors (Lipinski definition) is 3. The van der Waals surface area contributed by atoms with Gasteiger partial charge in [0, 0.05) is 19.0 Å². The lowest BCUT2D eigenvalue weighted by atomic mass is 10.1. The highest BCUT2D eigenvalue weighted by molar-refractivity contribution is 5.66. The number of carboxylic acid groups (broad SMARTS) is 1. The highest BCUT2D eigenvalue weighted by Crippen LogP contribution is 2.14. The van der Waals surface area contributed by atoms with E-state index in [1.165, 1.54) is 0 Å². The maximum atomic E-state index is 10.4. The van der Waals surface area contributed by atoms with Crippen molar-refractivity contribution in [3.63, 3.8) is 0 Å². The molecule has 0 spiro atoms. The average molecular weight is 215 g/mol. The van der Waals surface area contributed by atoms with Crippen LogP contribution in [0.25, 0.3) is 0 Å². The summed E-state index contributed by atoms with van der Waals surface area (Å²) in [6.07, 6.45) is 2.35. The molecule has 1 saturated heterocycles. The topological polar surface area (TPSA) is 49.8 Å². The predicted molar refractivity (Wildman–Crippen MR) is 57.9 cm³/mol. The van der Waals surface area contributed by atoms with E-state index in [2.05, 4.69) is 18.7 Å². The highest BCUT2D eigenvalue weighted by atomic mass is 16.5. The Balaban J connectivity index is 2.31. The zero-order valence-corrected chi connectivity index (χ0v) is 9.61. The van der Waals surface area contributed by atoms with Gasteiger partial charge in [0.05, 0.1) is 12.7 Å². The summed E-state index contributed by atoms with van der Waals surface area (Å²) in [5.41, 5.74) is 0. The Kier molecular flexibility index (Phi) is 5.05. The molecule has 0 aromatic heterocycles. The Hall–Kier alpha value is -0.610. The van der Waals surface area contributed by atoms with Crippen molar-refractivity contribution < 1.29 is 14.6 Å². The van der Waals surface area contributed by atoms with Crippen molar-refractivity contribution in [1.29, 1.82) is 0 Å². The third-order valence-electron chi connectivity index (χ3n) is 2.89. The zero-order valence-electron chi connectivity index (χ0n) is 9.61. The fraction of sp³-hybridized carbons (Fsp3) is 0.909. The molecule has 1 aliphatic rings. The fourth-order valence-corrected chi connectivity index (χ4v) is 2.00. The van der Waals surface area contributed by atoms with Crippen LogP contribution in [-0.2, 0) is 9.53 Å². The van der Waals surface area contributed by atoms with Gasteiger partial charge in [-0.25, -0.2) is 0 Å². The molecule has 1 fully saturated rings. The standard InChI is InChI=1S/C11H21NO3/c1-3-10-8-15-9(2)7-12(10)6-4-5-11(13)14/h9-10H,3-8H2,1-2H3,(H,13,14). The van der Waals surface area contributed by atoms with E-state index in [1.54, 1.807) is 0 Å². The molecule has 0 aliphatic carbocycles. The highest BCUT2D eigenvalue weighted by Gasteiger charge is 2.24. The van der Waals surface area contributed by atoms with E-state index in [1.807, 2.05) is 0 Å². The lowest BCUT2D eigenvalue weighted by Gasteiger charge is -2.38. The van der Waals surface area contributed by atoms with E-state index in [9.17, 15) is 4.79 Å². The Morgan fingerprint density at radius 3 is 2.93 bits per heavy atom. The van der Waals surface area contributed by atoms with Gasteiger partial charge in [0.25, 0.3) is 0 Å². The maximum Gasteiger partial charge on any atom is 0.303 e. The van der Waals surface area contributed by atoms with Gasteiger partial charge in [0.1, 0.15) is 0 Å². The minimum Gasteiger partial charge on any atom is -0.481 e. The molecule has 2 atom stereocenters. The first-order valence-corrected chi connectivity index (χ1v) is 5.71. The number of hydrogen-bond donors (Lipinski definition) is 1. The molecule has 2 unspecified atom stereocenters. The van der Waals surface area contributed by atoms with Crippen molar-refractivity contribution in [3.05, 3.63) is 0 Å². The minimum atomic E-state index is -0.704. The normalized spacial score (nSPS) is 27.9. The average Bonchev–Trinajstić information content (AvgIpc) is 2.17. The van der Waals surface area contributed by atoms with E-state index in [-0.39, 0.29) is 12.5 Å². The van der Waals surface area contributed by atoms with Gasteiger partial charge in [0.2, 0.25) is 0 Å². The molecule has 1 rings (SSSR count). The van der Waals surface area contributed by atoms with Crippen LogP contribution in [0.2, 0.25) is 0 Å².